The molecule has 4 heteroatoms. The summed E-state index contributed by atoms with van der Waals surface area (Å²) in [7, 11) is 3.89. The lowest BCUT2D eigenvalue weighted by Gasteiger charge is -2.33. The van der Waals surface area contributed by atoms with Gasteiger partial charge in [-0.15, -0.1) is 0 Å². The van der Waals surface area contributed by atoms with Crippen molar-refractivity contribution >= 4 is 0 Å². The summed E-state index contributed by atoms with van der Waals surface area (Å²) in [5, 5.41) is 4.10. The first-order valence-electron chi connectivity index (χ1n) is 8.95. The van der Waals surface area contributed by atoms with Crippen molar-refractivity contribution < 1.29 is 9.26 Å². The van der Waals surface area contributed by atoms with Crippen LogP contribution in [0, 0.1) is 13.8 Å². The minimum atomic E-state index is 0.369. The molecule has 4 nitrogen and oxygen atoms in total. The highest BCUT2D eigenvalue weighted by molar-refractivity contribution is 5.69. The van der Waals surface area contributed by atoms with Crippen LogP contribution < -0.4 is 4.74 Å². The fraction of sp³-hybridized carbons (Fsp3) is 0.318. The molecule has 0 bridgehead atoms. The lowest BCUT2D eigenvalue weighted by molar-refractivity contribution is 0.295. The van der Waals surface area contributed by atoms with Gasteiger partial charge in [-0.1, -0.05) is 29.4 Å². The van der Waals surface area contributed by atoms with E-state index in [1.807, 2.05) is 26.0 Å². The number of benzene rings is 2. The molecule has 0 N–H and O–H groups in total. The monoisotopic (exact) mass is 348 g/mol. The predicted octanol–water partition coefficient (Wildman–Crippen LogP) is 4.54. The van der Waals surface area contributed by atoms with Gasteiger partial charge >= 0.3 is 0 Å². The molecule has 1 aliphatic rings. The van der Waals surface area contributed by atoms with Gasteiger partial charge in [0.25, 0.3) is 0 Å². The number of fused-ring (bicyclic) bond motifs is 1. The fourth-order valence-corrected chi connectivity index (χ4v) is 4.02. The van der Waals surface area contributed by atoms with Crippen LogP contribution in [0.15, 0.2) is 47.0 Å². The minimum absolute atomic E-state index is 0.369. The van der Waals surface area contributed by atoms with Gasteiger partial charge in [0.05, 0.1) is 12.8 Å². The number of hydrogen-bond donors (Lipinski definition) is 0. The van der Waals surface area contributed by atoms with E-state index in [2.05, 4.69) is 47.4 Å². The van der Waals surface area contributed by atoms with Crippen molar-refractivity contribution in [3.05, 3.63) is 70.6 Å². The first-order valence-corrected chi connectivity index (χ1v) is 8.95. The molecule has 0 fully saturated rings. The molecular weight excluding hydrogens is 324 g/mol. The minimum Gasteiger partial charge on any atom is -0.497 e. The van der Waals surface area contributed by atoms with Gasteiger partial charge in [0.2, 0.25) is 0 Å². The first-order chi connectivity index (χ1) is 12.6. The summed E-state index contributed by atoms with van der Waals surface area (Å²) >= 11 is 0. The lowest BCUT2D eigenvalue weighted by Crippen LogP contribution is -2.31. The molecule has 2 aromatic carbocycles. The predicted molar refractivity (Wildman–Crippen MR) is 103 cm³/mol. The van der Waals surface area contributed by atoms with Gasteiger partial charge < -0.3 is 14.2 Å². The van der Waals surface area contributed by atoms with Crippen molar-refractivity contribution in [1.82, 2.24) is 10.1 Å². The molecule has 4 rings (SSSR count). The van der Waals surface area contributed by atoms with Gasteiger partial charge in [0, 0.05) is 24.6 Å². The van der Waals surface area contributed by atoms with E-state index < -0.39 is 0 Å². The van der Waals surface area contributed by atoms with Crippen LogP contribution in [0.2, 0.25) is 0 Å². The van der Waals surface area contributed by atoms with E-state index in [9.17, 15) is 0 Å². The van der Waals surface area contributed by atoms with Crippen molar-refractivity contribution in [3.8, 4) is 16.9 Å². The average molecular weight is 348 g/mol. The molecule has 0 aliphatic carbocycles. The second-order valence-corrected chi connectivity index (χ2v) is 7.14. The molecule has 26 heavy (non-hydrogen) atoms. The van der Waals surface area contributed by atoms with E-state index in [0.29, 0.717) is 5.92 Å². The molecule has 2 heterocycles. The van der Waals surface area contributed by atoms with Gasteiger partial charge in [-0.2, -0.15) is 0 Å². The van der Waals surface area contributed by atoms with Gasteiger partial charge in [-0.3, -0.25) is 0 Å². The number of likely N-dealkylation sites (N-methyl/N-ethyl adjacent to an activating group) is 1. The van der Waals surface area contributed by atoms with E-state index in [-0.39, 0.29) is 0 Å². The smallest absolute Gasteiger partial charge is 0.141 e. The average Bonchev–Trinajstić information content (AvgIpc) is 2.99. The first kappa shape index (κ1) is 16.9. The maximum absolute atomic E-state index is 5.35. The Balaban J connectivity index is 1.76. The SMILES string of the molecule is COc1ccc(C2CN(C)Cc3cc(-c4c(C)noc4C)ccc32)cc1. The van der Waals surface area contributed by atoms with Crippen LogP contribution in [0.5, 0.6) is 5.75 Å². The summed E-state index contributed by atoms with van der Waals surface area (Å²) in [4.78, 5) is 2.38. The Hall–Kier alpha value is -2.59. The Morgan fingerprint density at radius 3 is 2.54 bits per heavy atom. The highest BCUT2D eigenvalue weighted by Gasteiger charge is 2.25. The van der Waals surface area contributed by atoms with Crippen molar-refractivity contribution in [3.63, 3.8) is 0 Å². The quantitative estimate of drug-likeness (QED) is 0.696. The number of ether oxygens (including phenoxy) is 1. The van der Waals surface area contributed by atoms with Gasteiger partial charge in [0.15, 0.2) is 0 Å². The second-order valence-electron chi connectivity index (χ2n) is 7.14. The van der Waals surface area contributed by atoms with Crippen LogP contribution in [-0.2, 0) is 6.54 Å². The van der Waals surface area contributed by atoms with Crippen LogP contribution in [0.25, 0.3) is 11.1 Å². The summed E-state index contributed by atoms with van der Waals surface area (Å²) < 4.78 is 10.7. The number of rotatable bonds is 3. The van der Waals surface area contributed by atoms with Crippen LogP contribution in [0.4, 0.5) is 0 Å². The second kappa shape index (κ2) is 6.61. The molecule has 0 radical (unpaired) electrons. The molecule has 0 saturated carbocycles. The molecule has 1 atom stereocenters. The zero-order valence-corrected chi connectivity index (χ0v) is 15.7. The van der Waals surface area contributed by atoms with E-state index in [1.54, 1.807) is 7.11 Å². The zero-order valence-electron chi connectivity index (χ0n) is 15.7. The standard InChI is InChI=1S/C22H24N2O2/c1-14-22(15(2)26-23-14)17-7-10-20-18(11-17)12-24(3)13-21(20)16-5-8-19(25-4)9-6-16/h5-11,21H,12-13H2,1-4H3. The van der Waals surface area contributed by atoms with Crippen LogP contribution in [0.3, 0.4) is 0 Å². The molecule has 1 unspecified atom stereocenters. The van der Waals surface area contributed by atoms with Gasteiger partial charge in [-0.05, 0) is 61.3 Å². The number of aromatic nitrogens is 1. The van der Waals surface area contributed by atoms with E-state index in [1.165, 1.54) is 22.3 Å². The summed E-state index contributed by atoms with van der Waals surface area (Å²) in [5.41, 5.74) is 7.34. The Bertz CT molecular complexity index is 908. The van der Waals surface area contributed by atoms with Crippen molar-refractivity contribution in [2.24, 2.45) is 0 Å². The highest BCUT2D eigenvalue weighted by atomic mass is 16.5. The molecule has 0 amide bonds. The van der Waals surface area contributed by atoms with E-state index in [0.717, 1.165) is 35.9 Å². The van der Waals surface area contributed by atoms with Crippen LogP contribution in [-0.4, -0.2) is 30.8 Å². The number of methoxy groups -OCH3 is 1. The van der Waals surface area contributed by atoms with Crippen LogP contribution >= 0.6 is 0 Å². The molecule has 3 aromatic rings. The largest absolute Gasteiger partial charge is 0.497 e. The summed E-state index contributed by atoms with van der Waals surface area (Å²) in [6.07, 6.45) is 0. The Kier molecular flexibility index (Phi) is 4.29. The number of hydrogen-bond acceptors (Lipinski definition) is 4. The third-order valence-electron chi connectivity index (χ3n) is 5.29. The summed E-state index contributed by atoms with van der Waals surface area (Å²) in [6.45, 7) is 5.95. The zero-order chi connectivity index (χ0) is 18.3. The van der Waals surface area contributed by atoms with Crippen molar-refractivity contribution in [2.75, 3.05) is 20.7 Å². The van der Waals surface area contributed by atoms with E-state index >= 15 is 0 Å². The number of nitrogens with zero attached hydrogens (tertiary/aromatic N) is 2. The molecular formula is C22H24N2O2. The fourth-order valence-electron chi connectivity index (χ4n) is 4.02. The maximum Gasteiger partial charge on any atom is 0.141 e. The summed E-state index contributed by atoms with van der Waals surface area (Å²) in [6, 6.07) is 15.2. The molecule has 0 saturated heterocycles. The van der Waals surface area contributed by atoms with Gasteiger partial charge in [0.1, 0.15) is 11.5 Å². The Labute approximate surface area is 154 Å². The molecule has 1 aliphatic heterocycles. The molecule has 134 valence electrons. The Morgan fingerprint density at radius 2 is 1.88 bits per heavy atom. The van der Waals surface area contributed by atoms with Crippen molar-refractivity contribution in [2.45, 2.75) is 26.3 Å². The molecule has 1 aromatic heterocycles. The summed E-state index contributed by atoms with van der Waals surface area (Å²) in [5.74, 6) is 2.14. The van der Waals surface area contributed by atoms with Gasteiger partial charge in [-0.25, -0.2) is 0 Å². The number of aryl methyl sites for hydroxylation is 2. The van der Waals surface area contributed by atoms with E-state index in [4.69, 9.17) is 9.26 Å². The third-order valence-corrected chi connectivity index (χ3v) is 5.29. The molecule has 0 spiro atoms. The van der Waals surface area contributed by atoms with Crippen LogP contribution in [0.1, 0.15) is 34.1 Å². The Morgan fingerprint density at radius 1 is 1.12 bits per heavy atom. The normalized spacial score (nSPS) is 17.2. The topological polar surface area (TPSA) is 38.5 Å². The lowest BCUT2D eigenvalue weighted by atomic mass is 9.83. The highest BCUT2D eigenvalue weighted by Crippen LogP contribution is 2.37. The maximum atomic E-state index is 5.35. The third kappa shape index (κ3) is 2.90. The van der Waals surface area contributed by atoms with Crippen molar-refractivity contribution in [1.29, 1.82) is 0 Å².